The SMILES string of the molecule is N#Cc1ncccc1S(=O)(=O)NC1CCCc2sccc21. The minimum absolute atomic E-state index is 0.0603. The molecule has 21 heavy (non-hydrogen) atoms. The van der Waals surface area contributed by atoms with Gasteiger partial charge in [-0.1, -0.05) is 0 Å². The molecule has 0 spiro atoms. The number of thiophene rings is 1. The van der Waals surface area contributed by atoms with Crippen molar-refractivity contribution < 1.29 is 8.42 Å². The predicted octanol–water partition coefficient (Wildman–Crippen LogP) is 2.37. The van der Waals surface area contributed by atoms with Gasteiger partial charge in [0.15, 0.2) is 5.69 Å². The van der Waals surface area contributed by atoms with Crippen molar-refractivity contribution in [2.75, 3.05) is 0 Å². The summed E-state index contributed by atoms with van der Waals surface area (Å²) in [7, 11) is -3.75. The fraction of sp³-hybridized carbons (Fsp3) is 0.286. The normalized spacial score (nSPS) is 18.0. The van der Waals surface area contributed by atoms with Crippen LogP contribution in [-0.4, -0.2) is 13.4 Å². The molecule has 0 bridgehead atoms. The zero-order valence-corrected chi connectivity index (χ0v) is 12.7. The first kappa shape index (κ1) is 14.2. The molecule has 0 fully saturated rings. The Bertz CT molecular complexity index is 806. The summed E-state index contributed by atoms with van der Waals surface area (Å²) in [6.07, 6.45) is 4.14. The molecule has 2 aromatic heterocycles. The van der Waals surface area contributed by atoms with E-state index in [1.165, 1.54) is 23.2 Å². The maximum Gasteiger partial charge on any atom is 0.244 e. The lowest BCUT2D eigenvalue weighted by Crippen LogP contribution is -2.31. The van der Waals surface area contributed by atoms with E-state index in [4.69, 9.17) is 5.26 Å². The van der Waals surface area contributed by atoms with Gasteiger partial charge in [-0.2, -0.15) is 5.26 Å². The van der Waals surface area contributed by atoms with E-state index < -0.39 is 10.0 Å². The summed E-state index contributed by atoms with van der Waals surface area (Å²) in [5.41, 5.74) is 0.976. The minimum Gasteiger partial charge on any atom is -0.244 e. The number of fused-ring (bicyclic) bond motifs is 1. The van der Waals surface area contributed by atoms with Gasteiger partial charge in [-0.25, -0.2) is 18.1 Å². The topological polar surface area (TPSA) is 82.8 Å². The molecule has 0 saturated carbocycles. The van der Waals surface area contributed by atoms with Crippen molar-refractivity contribution in [1.82, 2.24) is 9.71 Å². The van der Waals surface area contributed by atoms with Crippen LogP contribution in [0.15, 0.2) is 34.7 Å². The van der Waals surface area contributed by atoms with Crippen LogP contribution in [0.25, 0.3) is 0 Å². The van der Waals surface area contributed by atoms with E-state index in [1.54, 1.807) is 11.3 Å². The lowest BCUT2D eigenvalue weighted by atomic mass is 9.95. The number of sulfonamides is 1. The molecule has 0 radical (unpaired) electrons. The van der Waals surface area contributed by atoms with Crippen molar-refractivity contribution >= 4 is 21.4 Å². The Morgan fingerprint density at radius 3 is 3.10 bits per heavy atom. The van der Waals surface area contributed by atoms with Crippen LogP contribution in [0.3, 0.4) is 0 Å². The Balaban J connectivity index is 1.94. The molecule has 1 unspecified atom stereocenters. The zero-order valence-electron chi connectivity index (χ0n) is 11.1. The molecule has 1 aliphatic carbocycles. The van der Waals surface area contributed by atoms with E-state index >= 15 is 0 Å². The van der Waals surface area contributed by atoms with Gasteiger partial charge >= 0.3 is 0 Å². The second kappa shape index (κ2) is 5.56. The molecule has 3 rings (SSSR count). The van der Waals surface area contributed by atoms with E-state index in [9.17, 15) is 8.42 Å². The van der Waals surface area contributed by atoms with Crippen LogP contribution in [0.2, 0.25) is 0 Å². The first-order chi connectivity index (χ1) is 10.1. The molecule has 0 saturated heterocycles. The first-order valence-corrected chi connectivity index (χ1v) is 8.92. The van der Waals surface area contributed by atoms with Crippen LogP contribution in [0.5, 0.6) is 0 Å². The lowest BCUT2D eigenvalue weighted by Gasteiger charge is -2.23. The summed E-state index contributed by atoms with van der Waals surface area (Å²) in [5, 5.41) is 11.0. The quantitative estimate of drug-likeness (QED) is 0.941. The number of aryl methyl sites for hydroxylation is 1. The number of nitriles is 1. The molecule has 5 nitrogen and oxygen atoms in total. The molecular weight excluding hydrogens is 306 g/mol. The number of rotatable bonds is 3. The highest BCUT2D eigenvalue weighted by Crippen LogP contribution is 2.34. The summed E-state index contributed by atoms with van der Waals surface area (Å²) in [6, 6.07) is 6.50. The monoisotopic (exact) mass is 319 g/mol. The van der Waals surface area contributed by atoms with Gasteiger partial charge < -0.3 is 0 Å². The maximum absolute atomic E-state index is 12.5. The largest absolute Gasteiger partial charge is 0.244 e. The smallest absolute Gasteiger partial charge is 0.244 e. The first-order valence-electron chi connectivity index (χ1n) is 6.55. The third kappa shape index (κ3) is 2.70. The molecule has 0 aromatic carbocycles. The van der Waals surface area contributed by atoms with Crippen LogP contribution < -0.4 is 4.72 Å². The average molecular weight is 319 g/mol. The zero-order chi connectivity index (χ0) is 14.9. The Morgan fingerprint density at radius 2 is 2.29 bits per heavy atom. The number of nitrogens with zero attached hydrogens (tertiary/aromatic N) is 2. The van der Waals surface area contributed by atoms with Gasteiger partial charge in [0.05, 0.1) is 0 Å². The number of pyridine rings is 1. The van der Waals surface area contributed by atoms with E-state index in [2.05, 4.69) is 9.71 Å². The van der Waals surface area contributed by atoms with Gasteiger partial charge in [0.25, 0.3) is 0 Å². The van der Waals surface area contributed by atoms with Crippen LogP contribution >= 0.6 is 11.3 Å². The molecule has 1 atom stereocenters. The maximum atomic E-state index is 12.5. The molecule has 1 aliphatic rings. The van der Waals surface area contributed by atoms with Crippen molar-refractivity contribution in [3.05, 3.63) is 45.9 Å². The van der Waals surface area contributed by atoms with Gasteiger partial charge in [-0.15, -0.1) is 11.3 Å². The van der Waals surface area contributed by atoms with Crippen LogP contribution in [0.4, 0.5) is 0 Å². The summed E-state index contributed by atoms with van der Waals surface area (Å²) in [4.78, 5) is 4.99. The Kier molecular flexibility index (Phi) is 3.76. The van der Waals surface area contributed by atoms with Crippen molar-refractivity contribution in [1.29, 1.82) is 5.26 Å². The molecule has 0 amide bonds. The predicted molar refractivity (Wildman–Crippen MR) is 79.3 cm³/mol. The highest BCUT2D eigenvalue weighted by molar-refractivity contribution is 7.89. The highest BCUT2D eigenvalue weighted by atomic mass is 32.2. The van der Waals surface area contributed by atoms with Gasteiger partial charge in [-0.3, -0.25) is 0 Å². The second-order valence-corrected chi connectivity index (χ2v) is 7.51. The Labute approximate surface area is 127 Å². The van der Waals surface area contributed by atoms with Crippen molar-refractivity contribution in [2.24, 2.45) is 0 Å². The van der Waals surface area contributed by atoms with Gasteiger partial charge in [0, 0.05) is 17.1 Å². The van der Waals surface area contributed by atoms with E-state index in [0.717, 1.165) is 24.8 Å². The molecule has 7 heteroatoms. The Morgan fingerprint density at radius 1 is 1.43 bits per heavy atom. The lowest BCUT2D eigenvalue weighted by molar-refractivity contribution is 0.511. The highest BCUT2D eigenvalue weighted by Gasteiger charge is 2.28. The van der Waals surface area contributed by atoms with E-state index in [1.807, 2.05) is 17.5 Å². The Hall–Kier alpha value is -1.75. The number of nitrogens with one attached hydrogen (secondary N) is 1. The third-order valence-corrected chi connectivity index (χ3v) is 6.02. The van der Waals surface area contributed by atoms with Crippen molar-refractivity contribution in [3.63, 3.8) is 0 Å². The average Bonchev–Trinajstić information content (AvgIpc) is 2.96. The van der Waals surface area contributed by atoms with Crippen molar-refractivity contribution in [2.45, 2.75) is 30.2 Å². The van der Waals surface area contributed by atoms with Crippen molar-refractivity contribution in [3.8, 4) is 6.07 Å². The number of hydrogen-bond donors (Lipinski definition) is 1. The fourth-order valence-corrected chi connectivity index (χ4v) is 4.90. The third-order valence-electron chi connectivity index (χ3n) is 3.52. The molecule has 108 valence electrons. The second-order valence-electron chi connectivity index (χ2n) is 4.83. The molecular formula is C14H13N3O2S2. The van der Waals surface area contributed by atoms with Crippen LogP contribution in [-0.2, 0) is 16.4 Å². The summed E-state index contributed by atoms with van der Waals surface area (Å²) < 4.78 is 27.7. The summed E-state index contributed by atoms with van der Waals surface area (Å²) in [5.74, 6) is 0. The van der Waals surface area contributed by atoms with E-state index in [-0.39, 0.29) is 16.6 Å². The molecule has 1 N–H and O–H groups in total. The van der Waals surface area contributed by atoms with E-state index in [0.29, 0.717) is 0 Å². The van der Waals surface area contributed by atoms with Gasteiger partial charge in [0.1, 0.15) is 11.0 Å². The minimum atomic E-state index is -3.75. The molecule has 0 aliphatic heterocycles. The molecule has 2 aromatic rings. The standard InChI is InChI=1S/C14H13N3O2S2/c15-9-12-14(5-2-7-16-12)21(18,19)17-11-3-1-4-13-10(11)6-8-20-13/h2,5-8,11,17H,1,3-4H2. The van der Waals surface area contributed by atoms with Gasteiger partial charge in [-0.05, 0) is 48.4 Å². The summed E-state index contributed by atoms with van der Waals surface area (Å²) >= 11 is 1.66. The summed E-state index contributed by atoms with van der Waals surface area (Å²) in [6.45, 7) is 0. The van der Waals surface area contributed by atoms with Crippen LogP contribution in [0.1, 0.15) is 35.0 Å². The molecule has 2 heterocycles. The fourth-order valence-electron chi connectivity index (χ4n) is 2.55. The van der Waals surface area contributed by atoms with Crippen LogP contribution in [0, 0.1) is 11.3 Å². The van der Waals surface area contributed by atoms with Gasteiger partial charge in [0.2, 0.25) is 10.0 Å². The number of hydrogen-bond acceptors (Lipinski definition) is 5. The number of aromatic nitrogens is 1.